The van der Waals surface area contributed by atoms with E-state index in [0.717, 1.165) is 12.8 Å². The molecule has 2 rings (SSSR count). The summed E-state index contributed by atoms with van der Waals surface area (Å²) < 4.78 is 19.1. The van der Waals surface area contributed by atoms with Crippen LogP contribution in [0, 0.1) is 5.82 Å². The van der Waals surface area contributed by atoms with Crippen LogP contribution in [0.25, 0.3) is 0 Å². The van der Waals surface area contributed by atoms with Gasteiger partial charge in [-0.1, -0.05) is 45.4 Å². The fraction of sp³-hybridized carbons (Fsp3) is 0.667. The van der Waals surface area contributed by atoms with Crippen LogP contribution >= 0.6 is 0 Å². The van der Waals surface area contributed by atoms with Crippen molar-refractivity contribution in [2.75, 3.05) is 0 Å². The first-order valence-electron chi connectivity index (χ1n) is 8.35. The number of hydrogen-bond acceptors (Lipinski definition) is 2. The largest absolute Gasteiger partial charge is 0.490 e. The number of fused-ring (bicyclic) bond motifs is 1. The zero-order valence-corrected chi connectivity index (χ0v) is 13.0. The standard InChI is InChI=1S/C18H27FO2/c1-2-3-4-5-6-7-8-9-15-13-17(20)16-12-14(19)10-11-18(16)21-15/h10-12,15,17,20H,2-9,13H2,1H3/t15?,17-/m0/s1. The molecular weight excluding hydrogens is 267 g/mol. The van der Waals surface area contributed by atoms with Gasteiger partial charge < -0.3 is 9.84 Å². The molecule has 1 aliphatic rings. The van der Waals surface area contributed by atoms with E-state index < -0.39 is 6.10 Å². The van der Waals surface area contributed by atoms with E-state index in [4.69, 9.17) is 4.74 Å². The van der Waals surface area contributed by atoms with Crippen LogP contribution < -0.4 is 4.74 Å². The molecule has 0 saturated carbocycles. The molecule has 1 aliphatic heterocycles. The molecular formula is C18H27FO2. The average Bonchev–Trinajstić information content (AvgIpc) is 2.47. The lowest BCUT2D eigenvalue weighted by Crippen LogP contribution is -2.25. The second kappa shape index (κ2) is 8.38. The summed E-state index contributed by atoms with van der Waals surface area (Å²) in [6, 6.07) is 4.40. The van der Waals surface area contributed by atoms with Crippen LogP contribution in [0.4, 0.5) is 4.39 Å². The normalized spacial score (nSPS) is 20.9. The van der Waals surface area contributed by atoms with Crippen molar-refractivity contribution in [2.24, 2.45) is 0 Å². The quantitative estimate of drug-likeness (QED) is 0.672. The molecule has 21 heavy (non-hydrogen) atoms. The molecule has 1 aromatic rings. The molecule has 118 valence electrons. The maximum absolute atomic E-state index is 13.2. The molecule has 0 saturated heterocycles. The number of unbranched alkanes of at least 4 members (excludes halogenated alkanes) is 6. The average molecular weight is 294 g/mol. The summed E-state index contributed by atoms with van der Waals surface area (Å²) in [4.78, 5) is 0. The molecule has 1 aromatic carbocycles. The van der Waals surface area contributed by atoms with Gasteiger partial charge in [-0.2, -0.15) is 0 Å². The molecule has 1 heterocycles. The Morgan fingerprint density at radius 3 is 2.62 bits per heavy atom. The molecule has 0 amide bonds. The Labute approximate surface area is 127 Å². The number of halogens is 1. The number of hydrogen-bond donors (Lipinski definition) is 1. The zero-order chi connectivity index (χ0) is 15.1. The van der Waals surface area contributed by atoms with Crippen LogP contribution in [0.2, 0.25) is 0 Å². The third-order valence-corrected chi connectivity index (χ3v) is 4.24. The topological polar surface area (TPSA) is 29.5 Å². The molecule has 1 unspecified atom stereocenters. The zero-order valence-electron chi connectivity index (χ0n) is 13.0. The van der Waals surface area contributed by atoms with E-state index >= 15 is 0 Å². The second-order valence-corrected chi connectivity index (χ2v) is 6.08. The maximum Gasteiger partial charge on any atom is 0.125 e. The van der Waals surface area contributed by atoms with Crippen molar-refractivity contribution >= 4 is 0 Å². The Hall–Kier alpha value is -1.09. The third kappa shape index (κ3) is 4.99. The predicted molar refractivity (Wildman–Crippen MR) is 83.0 cm³/mol. The molecule has 0 spiro atoms. The summed E-state index contributed by atoms with van der Waals surface area (Å²) >= 11 is 0. The second-order valence-electron chi connectivity index (χ2n) is 6.08. The highest BCUT2D eigenvalue weighted by Gasteiger charge is 2.26. The lowest BCUT2D eigenvalue weighted by molar-refractivity contribution is 0.0601. The van der Waals surface area contributed by atoms with E-state index in [2.05, 4.69) is 6.92 Å². The molecule has 2 atom stereocenters. The Kier molecular flexibility index (Phi) is 6.50. The minimum absolute atomic E-state index is 0.0635. The number of ether oxygens (including phenoxy) is 1. The van der Waals surface area contributed by atoms with E-state index in [-0.39, 0.29) is 11.9 Å². The lowest BCUT2D eigenvalue weighted by Gasteiger charge is -2.29. The summed E-state index contributed by atoms with van der Waals surface area (Å²) in [5, 5.41) is 10.1. The van der Waals surface area contributed by atoms with E-state index in [1.165, 1.54) is 50.7 Å². The first-order valence-corrected chi connectivity index (χ1v) is 8.35. The SMILES string of the molecule is CCCCCCCCCC1C[C@H](O)c2cc(F)ccc2O1. The summed E-state index contributed by atoms with van der Waals surface area (Å²) in [5.74, 6) is 0.324. The first-order chi connectivity index (χ1) is 10.2. The highest BCUT2D eigenvalue weighted by molar-refractivity contribution is 5.37. The van der Waals surface area contributed by atoms with Crippen LogP contribution in [0.5, 0.6) is 5.75 Å². The highest BCUT2D eigenvalue weighted by Crippen LogP contribution is 2.36. The van der Waals surface area contributed by atoms with Gasteiger partial charge in [-0.3, -0.25) is 0 Å². The smallest absolute Gasteiger partial charge is 0.125 e. The fourth-order valence-corrected chi connectivity index (χ4v) is 3.00. The van der Waals surface area contributed by atoms with Gasteiger partial charge >= 0.3 is 0 Å². The molecule has 0 fully saturated rings. The molecule has 0 aromatic heterocycles. The minimum atomic E-state index is -0.598. The van der Waals surface area contributed by atoms with Crippen LogP contribution in [-0.4, -0.2) is 11.2 Å². The summed E-state index contributed by atoms with van der Waals surface area (Å²) in [7, 11) is 0. The fourth-order valence-electron chi connectivity index (χ4n) is 3.00. The molecule has 3 heteroatoms. The van der Waals surface area contributed by atoms with Gasteiger partial charge in [0.2, 0.25) is 0 Å². The van der Waals surface area contributed by atoms with Crippen molar-refractivity contribution in [2.45, 2.75) is 76.9 Å². The lowest BCUT2D eigenvalue weighted by atomic mass is 9.95. The number of aliphatic hydroxyl groups is 1. The highest BCUT2D eigenvalue weighted by atomic mass is 19.1. The van der Waals surface area contributed by atoms with Crippen molar-refractivity contribution in [3.05, 3.63) is 29.6 Å². The van der Waals surface area contributed by atoms with Gasteiger partial charge in [-0.05, 0) is 31.0 Å². The summed E-state index contributed by atoms with van der Waals surface area (Å²) in [6.07, 6.45) is 9.96. The van der Waals surface area contributed by atoms with Gasteiger partial charge in [0.25, 0.3) is 0 Å². The Bertz CT molecular complexity index is 433. The number of rotatable bonds is 8. The predicted octanol–water partition coefficient (Wildman–Crippen LogP) is 5.15. The van der Waals surface area contributed by atoms with Gasteiger partial charge in [0.15, 0.2) is 0 Å². The van der Waals surface area contributed by atoms with Crippen LogP contribution in [0.1, 0.15) is 76.4 Å². The molecule has 2 nitrogen and oxygen atoms in total. The van der Waals surface area contributed by atoms with E-state index in [1.54, 1.807) is 6.07 Å². The van der Waals surface area contributed by atoms with Crippen molar-refractivity contribution < 1.29 is 14.2 Å². The molecule has 1 N–H and O–H groups in total. The first kappa shape index (κ1) is 16.3. The maximum atomic E-state index is 13.2. The number of aliphatic hydroxyl groups excluding tert-OH is 1. The van der Waals surface area contributed by atoms with Crippen molar-refractivity contribution in [3.8, 4) is 5.75 Å². The number of benzene rings is 1. The Balaban J connectivity index is 1.70. The third-order valence-electron chi connectivity index (χ3n) is 4.24. The van der Waals surface area contributed by atoms with Gasteiger partial charge in [0.1, 0.15) is 17.7 Å². The van der Waals surface area contributed by atoms with E-state index in [1.807, 2.05) is 0 Å². The molecule has 0 radical (unpaired) electrons. The Morgan fingerprint density at radius 1 is 1.14 bits per heavy atom. The minimum Gasteiger partial charge on any atom is -0.490 e. The van der Waals surface area contributed by atoms with Crippen molar-refractivity contribution in [1.82, 2.24) is 0 Å². The van der Waals surface area contributed by atoms with Gasteiger partial charge in [-0.25, -0.2) is 4.39 Å². The summed E-state index contributed by atoms with van der Waals surface area (Å²) in [5.41, 5.74) is 0.589. The molecule has 0 bridgehead atoms. The van der Waals surface area contributed by atoms with Crippen LogP contribution in [0.15, 0.2) is 18.2 Å². The van der Waals surface area contributed by atoms with Gasteiger partial charge in [-0.15, -0.1) is 0 Å². The summed E-state index contributed by atoms with van der Waals surface area (Å²) in [6.45, 7) is 2.23. The van der Waals surface area contributed by atoms with Gasteiger partial charge in [0, 0.05) is 12.0 Å². The van der Waals surface area contributed by atoms with Crippen molar-refractivity contribution in [1.29, 1.82) is 0 Å². The Morgan fingerprint density at radius 2 is 1.86 bits per heavy atom. The molecule has 0 aliphatic carbocycles. The van der Waals surface area contributed by atoms with Gasteiger partial charge in [0.05, 0.1) is 6.10 Å². The van der Waals surface area contributed by atoms with Crippen LogP contribution in [0.3, 0.4) is 0 Å². The van der Waals surface area contributed by atoms with E-state index in [0.29, 0.717) is 17.7 Å². The van der Waals surface area contributed by atoms with Crippen molar-refractivity contribution in [3.63, 3.8) is 0 Å². The van der Waals surface area contributed by atoms with E-state index in [9.17, 15) is 9.50 Å². The van der Waals surface area contributed by atoms with Crippen LogP contribution in [-0.2, 0) is 0 Å². The monoisotopic (exact) mass is 294 g/mol.